The van der Waals surface area contributed by atoms with Gasteiger partial charge in [0, 0.05) is 23.9 Å². The van der Waals surface area contributed by atoms with Crippen molar-refractivity contribution in [3.63, 3.8) is 0 Å². The second-order valence-corrected chi connectivity index (χ2v) is 3.55. The maximum absolute atomic E-state index is 13.3. The highest BCUT2D eigenvalue weighted by Crippen LogP contribution is 2.31. The van der Waals surface area contributed by atoms with Crippen molar-refractivity contribution in [1.82, 2.24) is 4.98 Å². The van der Waals surface area contributed by atoms with Crippen LogP contribution < -0.4 is 10.5 Å². The van der Waals surface area contributed by atoms with Crippen LogP contribution in [0.5, 0.6) is 5.75 Å². The number of nitrogens with two attached hydrogens (primary N) is 1. The van der Waals surface area contributed by atoms with E-state index in [9.17, 15) is 4.39 Å². The number of hydrogen-bond donors (Lipinski definition) is 1. The fourth-order valence-electron chi connectivity index (χ4n) is 1.74. The third-order valence-corrected chi connectivity index (χ3v) is 2.54. The molecule has 1 aromatic heterocycles. The third kappa shape index (κ3) is 2.26. The predicted octanol–water partition coefficient (Wildman–Crippen LogP) is 2.35. The fraction of sp³-hybridized carbons (Fsp3) is 0.154. The Hall–Kier alpha value is -1.94. The first-order chi connectivity index (χ1) is 8.26. The van der Waals surface area contributed by atoms with Crippen LogP contribution in [-0.2, 0) is 6.54 Å². The number of ether oxygens (including phenoxy) is 1. The van der Waals surface area contributed by atoms with E-state index in [0.717, 1.165) is 11.3 Å². The molecular formula is C13H13FN2O. The lowest BCUT2D eigenvalue weighted by Crippen LogP contribution is -2.02. The van der Waals surface area contributed by atoms with Crippen LogP contribution in [0.15, 0.2) is 36.5 Å². The van der Waals surface area contributed by atoms with Gasteiger partial charge in [-0.2, -0.15) is 0 Å². The minimum atomic E-state index is -0.312. The minimum Gasteiger partial charge on any atom is -0.496 e. The standard InChI is InChI=1S/C13H13FN2O/c1-17-13-5-4-9(14)7-11(13)10-3-2-6-16-12(10)8-15/h2-7H,8,15H2,1H3. The maximum atomic E-state index is 13.3. The summed E-state index contributed by atoms with van der Waals surface area (Å²) in [5, 5.41) is 0. The van der Waals surface area contributed by atoms with Crippen LogP contribution in [-0.4, -0.2) is 12.1 Å². The highest BCUT2D eigenvalue weighted by Gasteiger charge is 2.11. The summed E-state index contributed by atoms with van der Waals surface area (Å²) < 4.78 is 18.5. The van der Waals surface area contributed by atoms with Crippen LogP contribution in [0.4, 0.5) is 4.39 Å². The van der Waals surface area contributed by atoms with Crippen molar-refractivity contribution in [3.05, 3.63) is 48.0 Å². The van der Waals surface area contributed by atoms with Gasteiger partial charge in [0.05, 0.1) is 12.8 Å². The highest BCUT2D eigenvalue weighted by molar-refractivity contribution is 5.72. The Morgan fingerprint density at radius 2 is 2.12 bits per heavy atom. The van der Waals surface area contributed by atoms with Crippen molar-refractivity contribution in [2.45, 2.75) is 6.54 Å². The van der Waals surface area contributed by atoms with E-state index in [1.165, 1.54) is 12.1 Å². The summed E-state index contributed by atoms with van der Waals surface area (Å²) in [7, 11) is 1.55. The van der Waals surface area contributed by atoms with E-state index in [1.54, 1.807) is 25.4 Å². The largest absolute Gasteiger partial charge is 0.496 e. The van der Waals surface area contributed by atoms with Gasteiger partial charge in [-0.15, -0.1) is 0 Å². The Morgan fingerprint density at radius 3 is 2.82 bits per heavy atom. The van der Waals surface area contributed by atoms with Gasteiger partial charge < -0.3 is 10.5 Å². The summed E-state index contributed by atoms with van der Waals surface area (Å²) in [6.45, 7) is 0.301. The average Bonchev–Trinajstić information content (AvgIpc) is 2.38. The normalized spacial score (nSPS) is 10.3. The Labute approximate surface area is 99.1 Å². The summed E-state index contributed by atoms with van der Waals surface area (Å²) in [5.74, 6) is 0.293. The number of aromatic nitrogens is 1. The molecule has 0 unspecified atom stereocenters. The first kappa shape index (κ1) is 11.5. The Morgan fingerprint density at radius 1 is 1.29 bits per heavy atom. The number of methoxy groups -OCH3 is 1. The van der Waals surface area contributed by atoms with E-state index in [-0.39, 0.29) is 5.82 Å². The molecule has 0 bridgehead atoms. The van der Waals surface area contributed by atoms with Gasteiger partial charge in [-0.1, -0.05) is 6.07 Å². The van der Waals surface area contributed by atoms with Crippen LogP contribution in [0.3, 0.4) is 0 Å². The van der Waals surface area contributed by atoms with E-state index in [1.807, 2.05) is 6.07 Å². The van der Waals surface area contributed by atoms with Gasteiger partial charge in [0.2, 0.25) is 0 Å². The second-order valence-electron chi connectivity index (χ2n) is 3.55. The van der Waals surface area contributed by atoms with E-state index in [0.29, 0.717) is 17.9 Å². The molecule has 3 nitrogen and oxygen atoms in total. The minimum absolute atomic E-state index is 0.301. The molecule has 0 amide bonds. The van der Waals surface area contributed by atoms with Gasteiger partial charge in [-0.05, 0) is 24.3 Å². The van der Waals surface area contributed by atoms with E-state index >= 15 is 0 Å². The smallest absolute Gasteiger partial charge is 0.126 e. The van der Waals surface area contributed by atoms with Crippen molar-refractivity contribution in [2.24, 2.45) is 5.73 Å². The fourth-order valence-corrected chi connectivity index (χ4v) is 1.74. The molecule has 2 N–H and O–H groups in total. The maximum Gasteiger partial charge on any atom is 0.126 e. The first-order valence-corrected chi connectivity index (χ1v) is 5.24. The second kappa shape index (κ2) is 4.93. The molecule has 1 aromatic carbocycles. The summed E-state index contributed by atoms with van der Waals surface area (Å²) in [6, 6.07) is 8.03. The van der Waals surface area contributed by atoms with Crippen LogP contribution in [0, 0.1) is 5.82 Å². The van der Waals surface area contributed by atoms with E-state index in [2.05, 4.69) is 4.98 Å². The number of pyridine rings is 1. The zero-order valence-corrected chi connectivity index (χ0v) is 9.48. The lowest BCUT2D eigenvalue weighted by atomic mass is 10.0. The zero-order valence-electron chi connectivity index (χ0n) is 9.48. The van der Waals surface area contributed by atoms with Crippen LogP contribution in [0.2, 0.25) is 0 Å². The molecule has 0 radical (unpaired) electrons. The molecule has 0 fully saturated rings. The Balaban J connectivity index is 2.62. The van der Waals surface area contributed by atoms with Crippen molar-refractivity contribution in [3.8, 4) is 16.9 Å². The van der Waals surface area contributed by atoms with Gasteiger partial charge in [0.15, 0.2) is 0 Å². The summed E-state index contributed by atoms with van der Waals surface area (Å²) in [4.78, 5) is 4.18. The molecule has 0 atom stereocenters. The number of rotatable bonds is 3. The molecule has 2 aromatic rings. The van der Waals surface area contributed by atoms with Crippen LogP contribution >= 0.6 is 0 Å². The summed E-state index contributed by atoms with van der Waals surface area (Å²) in [5.41, 5.74) is 7.80. The van der Waals surface area contributed by atoms with Crippen molar-refractivity contribution >= 4 is 0 Å². The molecule has 0 spiro atoms. The van der Waals surface area contributed by atoms with E-state index < -0.39 is 0 Å². The molecule has 4 heteroatoms. The zero-order chi connectivity index (χ0) is 12.3. The molecule has 0 aliphatic rings. The quantitative estimate of drug-likeness (QED) is 0.883. The molecular weight excluding hydrogens is 219 g/mol. The van der Waals surface area contributed by atoms with Crippen molar-refractivity contribution in [1.29, 1.82) is 0 Å². The number of hydrogen-bond acceptors (Lipinski definition) is 3. The lowest BCUT2D eigenvalue weighted by Gasteiger charge is -2.11. The lowest BCUT2D eigenvalue weighted by molar-refractivity contribution is 0.415. The number of benzene rings is 1. The van der Waals surface area contributed by atoms with Crippen LogP contribution in [0.25, 0.3) is 11.1 Å². The van der Waals surface area contributed by atoms with Gasteiger partial charge in [0.25, 0.3) is 0 Å². The van der Waals surface area contributed by atoms with Crippen LogP contribution in [0.1, 0.15) is 5.69 Å². The van der Waals surface area contributed by atoms with Gasteiger partial charge in [-0.3, -0.25) is 4.98 Å². The van der Waals surface area contributed by atoms with E-state index in [4.69, 9.17) is 10.5 Å². The third-order valence-electron chi connectivity index (χ3n) is 2.54. The molecule has 17 heavy (non-hydrogen) atoms. The monoisotopic (exact) mass is 232 g/mol. The molecule has 88 valence electrons. The SMILES string of the molecule is COc1ccc(F)cc1-c1cccnc1CN. The topological polar surface area (TPSA) is 48.1 Å². The van der Waals surface area contributed by atoms with Crippen molar-refractivity contribution < 1.29 is 9.13 Å². The molecule has 2 rings (SSSR count). The predicted molar refractivity (Wildman–Crippen MR) is 64.1 cm³/mol. The van der Waals surface area contributed by atoms with Gasteiger partial charge in [-0.25, -0.2) is 4.39 Å². The molecule has 1 heterocycles. The van der Waals surface area contributed by atoms with Gasteiger partial charge >= 0.3 is 0 Å². The molecule has 0 aliphatic heterocycles. The average molecular weight is 232 g/mol. The Kier molecular flexibility index (Phi) is 3.35. The first-order valence-electron chi connectivity index (χ1n) is 5.24. The highest BCUT2D eigenvalue weighted by atomic mass is 19.1. The Bertz CT molecular complexity index is 529. The van der Waals surface area contributed by atoms with Crippen molar-refractivity contribution in [2.75, 3.05) is 7.11 Å². The summed E-state index contributed by atoms with van der Waals surface area (Å²) in [6.07, 6.45) is 1.66. The van der Waals surface area contributed by atoms with Gasteiger partial charge in [0.1, 0.15) is 11.6 Å². The molecule has 0 saturated heterocycles. The summed E-state index contributed by atoms with van der Waals surface area (Å²) >= 11 is 0. The number of halogens is 1. The molecule has 0 saturated carbocycles. The molecule has 0 aliphatic carbocycles. The number of nitrogens with zero attached hydrogens (tertiary/aromatic N) is 1.